The largest absolute Gasteiger partial charge is 0.543 e. The van der Waals surface area contributed by atoms with Gasteiger partial charge in [0.25, 0.3) is 5.91 Å². The second kappa shape index (κ2) is 8.76. The van der Waals surface area contributed by atoms with E-state index in [4.69, 9.17) is 0 Å². The Labute approximate surface area is 175 Å². The summed E-state index contributed by atoms with van der Waals surface area (Å²) in [4.78, 5) is 38.8. The van der Waals surface area contributed by atoms with E-state index in [0.29, 0.717) is 17.9 Å². The van der Waals surface area contributed by atoms with Crippen molar-refractivity contribution in [1.82, 2.24) is 10.2 Å². The lowest BCUT2D eigenvalue weighted by molar-refractivity contribution is -0.689. The average Bonchev–Trinajstić information content (AvgIpc) is 3.19. The average molecular weight is 434 g/mol. The van der Waals surface area contributed by atoms with E-state index in [1.54, 1.807) is 0 Å². The Kier molecular flexibility index (Phi) is 6.36. The lowest BCUT2D eigenvalue weighted by Crippen LogP contribution is -2.71. The number of thioether (sulfide) groups is 1. The van der Waals surface area contributed by atoms with Crippen LogP contribution in [0.15, 0.2) is 59.4 Å². The molecule has 29 heavy (non-hydrogen) atoms. The number of nitrogens with one attached hydrogen (secondary N) is 1. The zero-order valence-electron chi connectivity index (χ0n) is 15.2. The molecule has 2 amide bonds. The van der Waals surface area contributed by atoms with Gasteiger partial charge < -0.3 is 20.7 Å². The van der Waals surface area contributed by atoms with Crippen LogP contribution in [0, 0.1) is 0 Å². The third-order valence-corrected chi connectivity index (χ3v) is 6.84. The Hall–Kier alpha value is -2.69. The Morgan fingerprint density at radius 3 is 2.66 bits per heavy atom. The molecule has 0 spiro atoms. The summed E-state index contributed by atoms with van der Waals surface area (Å²) in [6.07, 6.45) is 3.88. The first kappa shape index (κ1) is 21.0. The van der Waals surface area contributed by atoms with Gasteiger partial charge in [-0.05, 0) is 11.4 Å². The minimum Gasteiger partial charge on any atom is -0.543 e. The molecular weight excluding hydrogens is 414 g/mol. The van der Waals surface area contributed by atoms with Crippen molar-refractivity contribution in [3.63, 3.8) is 0 Å². The van der Waals surface area contributed by atoms with E-state index in [1.165, 1.54) is 28.0 Å². The molecule has 0 bridgehead atoms. The number of aliphatic carboxylic acids is 1. The molecule has 0 radical (unpaired) electrons. The maximum atomic E-state index is 12.6. The molecule has 2 aliphatic heterocycles. The number of carboxylic acid groups (broad SMARTS) is 1. The molecular formula is C19H19N3O5S2. The van der Waals surface area contributed by atoms with E-state index >= 15 is 0 Å². The minimum absolute atomic E-state index is 0. The molecule has 2 atom stereocenters. The van der Waals surface area contributed by atoms with E-state index < -0.39 is 23.3 Å². The van der Waals surface area contributed by atoms with Crippen LogP contribution >= 0.6 is 23.1 Å². The number of carboxylic acids is 1. The number of rotatable bonds is 6. The minimum atomic E-state index is -1.37. The molecule has 3 N–H and O–H groups in total. The monoisotopic (exact) mass is 433 g/mol. The van der Waals surface area contributed by atoms with Crippen molar-refractivity contribution < 1.29 is 29.5 Å². The molecule has 2 aromatic heterocycles. The van der Waals surface area contributed by atoms with Crippen molar-refractivity contribution in [2.75, 3.05) is 5.75 Å². The normalized spacial score (nSPS) is 20.4. The second-order valence-corrected chi connectivity index (χ2v) is 8.64. The van der Waals surface area contributed by atoms with Crippen LogP contribution in [0.5, 0.6) is 0 Å². The predicted octanol–water partition coefficient (Wildman–Crippen LogP) is -1.14. The Balaban J connectivity index is 0.00000240. The van der Waals surface area contributed by atoms with Crippen LogP contribution in [0.1, 0.15) is 4.88 Å². The van der Waals surface area contributed by atoms with Crippen molar-refractivity contribution in [2.45, 2.75) is 24.4 Å². The van der Waals surface area contributed by atoms with Crippen molar-refractivity contribution in [2.24, 2.45) is 0 Å². The van der Waals surface area contributed by atoms with Crippen LogP contribution in [-0.2, 0) is 27.3 Å². The van der Waals surface area contributed by atoms with Gasteiger partial charge in [-0.15, -0.1) is 23.1 Å². The van der Waals surface area contributed by atoms with E-state index in [1.807, 2.05) is 52.7 Å². The molecule has 0 aromatic carbocycles. The van der Waals surface area contributed by atoms with Gasteiger partial charge in [-0.25, -0.2) is 4.57 Å². The summed E-state index contributed by atoms with van der Waals surface area (Å²) in [6.45, 7) is 0.364. The maximum absolute atomic E-state index is 12.6. The Bertz CT molecular complexity index is 946. The highest BCUT2D eigenvalue weighted by Gasteiger charge is 2.53. The number of nitrogens with zero attached hydrogens (tertiary/aromatic N) is 2. The molecule has 0 aliphatic carbocycles. The van der Waals surface area contributed by atoms with Gasteiger partial charge in [0, 0.05) is 28.3 Å². The topological polar surface area (TPSA) is 125 Å². The number of fused-ring (bicyclic) bond motifs is 1. The molecule has 152 valence electrons. The van der Waals surface area contributed by atoms with Gasteiger partial charge in [0.15, 0.2) is 18.9 Å². The number of carbonyl (C=O) groups is 3. The number of aromatic nitrogens is 1. The molecule has 1 fully saturated rings. The lowest BCUT2D eigenvalue weighted by Gasteiger charge is -2.50. The third kappa shape index (κ3) is 4.19. The summed E-state index contributed by atoms with van der Waals surface area (Å²) >= 11 is 2.93. The van der Waals surface area contributed by atoms with E-state index in [0.717, 1.165) is 4.88 Å². The van der Waals surface area contributed by atoms with Gasteiger partial charge in [0.2, 0.25) is 5.91 Å². The van der Waals surface area contributed by atoms with Crippen LogP contribution < -0.4 is 15.0 Å². The number of thiophene rings is 1. The fourth-order valence-corrected chi connectivity index (χ4v) is 5.39. The van der Waals surface area contributed by atoms with Gasteiger partial charge in [-0.3, -0.25) is 14.5 Å². The van der Waals surface area contributed by atoms with Crippen LogP contribution in [0.4, 0.5) is 0 Å². The first-order chi connectivity index (χ1) is 13.5. The molecule has 1 saturated heterocycles. The van der Waals surface area contributed by atoms with Crippen molar-refractivity contribution in [3.8, 4) is 0 Å². The summed E-state index contributed by atoms with van der Waals surface area (Å²) in [5, 5.41) is 16.0. The van der Waals surface area contributed by atoms with Crippen LogP contribution in [-0.4, -0.2) is 45.3 Å². The number of pyridine rings is 1. The van der Waals surface area contributed by atoms with Gasteiger partial charge >= 0.3 is 0 Å². The summed E-state index contributed by atoms with van der Waals surface area (Å²) in [6, 6.07) is 8.59. The van der Waals surface area contributed by atoms with Gasteiger partial charge in [-0.1, -0.05) is 12.1 Å². The highest BCUT2D eigenvalue weighted by Crippen LogP contribution is 2.40. The maximum Gasteiger partial charge on any atom is 0.253 e. The fraction of sp³-hybridized carbons (Fsp3) is 0.263. The smallest absolute Gasteiger partial charge is 0.253 e. The quantitative estimate of drug-likeness (QED) is 0.455. The van der Waals surface area contributed by atoms with Crippen molar-refractivity contribution >= 4 is 40.9 Å². The Morgan fingerprint density at radius 1 is 1.24 bits per heavy atom. The Morgan fingerprint density at radius 2 is 2.00 bits per heavy atom. The molecule has 4 rings (SSSR count). The predicted molar refractivity (Wildman–Crippen MR) is 105 cm³/mol. The summed E-state index contributed by atoms with van der Waals surface area (Å²) in [5.74, 6) is -1.57. The van der Waals surface area contributed by atoms with Gasteiger partial charge in [0.05, 0.1) is 18.1 Å². The van der Waals surface area contributed by atoms with E-state index in [2.05, 4.69) is 5.32 Å². The first-order valence-corrected chi connectivity index (χ1v) is 10.6. The number of β-lactam (4-membered cyclic amide) rings is 1. The zero-order chi connectivity index (χ0) is 19.7. The molecule has 0 saturated carbocycles. The SMILES string of the molecule is O.O=C(Cc1cccs1)NC1C(=O)N2C(C(=O)[O-])=C(C[n+]3ccccc3)CS[C@H]12. The molecule has 1 unspecified atom stereocenters. The lowest BCUT2D eigenvalue weighted by atomic mass is 10.0. The standard InChI is InChI=1S/C19H17N3O4S2.H2O/c23-14(9-13-5-4-8-27-13)20-15-17(24)22-16(19(25)26)12(11-28-18(15)22)10-21-6-2-1-3-7-21;/h1-8,15,18H,9-11H2,(H-,20,23,25,26);1H2/t15?,18-;/m1./s1. The van der Waals surface area contributed by atoms with Crippen LogP contribution in [0.3, 0.4) is 0 Å². The zero-order valence-corrected chi connectivity index (χ0v) is 16.9. The fourth-order valence-electron chi connectivity index (χ4n) is 3.35. The third-order valence-electron chi connectivity index (χ3n) is 4.62. The molecule has 4 heterocycles. The van der Waals surface area contributed by atoms with Gasteiger partial charge in [-0.2, -0.15) is 0 Å². The number of amides is 2. The van der Waals surface area contributed by atoms with E-state index in [-0.39, 0.29) is 23.5 Å². The number of hydrogen-bond acceptors (Lipinski definition) is 6. The van der Waals surface area contributed by atoms with Crippen molar-refractivity contribution in [3.05, 3.63) is 64.3 Å². The number of carbonyl (C=O) groups excluding carboxylic acids is 3. The highest BCUT2D eigenvalue weighted by atomic mass is 32.2. The molecule has 2 aliphatic rings. The van der Waals surface area contributed by atoms with E-state index in [9.17, 15) is 19.5 Å². The molecule has 10 heteroatoms. The summed E-state index contributed by atoms with van der Waals surface area (Å²) in [7, 11) is 0. The molecule has 2 aromatic rings. The summed E-state index contributed by atoms with van der Waals surface area (Å²) in [5.41, 5.74) is 0.544. The van der Waals surface area contributed by atoms with Crippen LogP contribution in [0.2, 0.25) is 0 Å². The second-order valence-electron chi connectivity index (χ2n) is 6.50. The highest BCUT2D eigenvalue weighted by molar-refractivity contribution is 8.00. The van der Waals surface area contributed by atoms with Crippen LogP contribution in [0.25, 0.3) is 0 Å². The van der Waals surface area contributed by atoms with Crippen molar-refractivity contribution in [1.29, 1.82) is 0 Å². The first-order valence-electron chi connectivity index (χ1n) is 8.68. The number of hydrogen-bond donors (Lipinski definition) is 1. The van der Waals surface area contributed by atoms with Gasteiger partial charge in [0.1, 0.15) is 11.4 Å². The summed E-state index contributed by atoms with van der Waals surface area (Å²) < 4.78 is 1.85. The molecule has 8 nitrogen and oxygen atoms in total.